The van der Waals surface area contributed by atoms with Crippen LogP contribution in [0.3, 0.4) is 0 Å². The number of hydrogen-bond acceptors (Lipinski definition) is 11. The smallest absolute Gasteiger partial charge is 0.315 e. The minimum absolute atomic E-state index is 0.110. The number of nitro benzene ring substituents is 2. The molecule has 0 fully saturated rings. The molecule has 1 heterocycles. The van der Waals surface area contributed by atoms with Gasteiger partial charge in [0.15, 0.2) is 0 Å². The summed E-state index contributed by atoms with van der Waals surface area (Å²) in [7, 11) is 1.18. The lowest BCUT2D eigenvalue weighted by atomic mass is 10.1. The van der Waals surface area contributed by atoms with E-state index in [1.807, 2.05) is 5.32 Å². The minimum Gasteiger partial charge on any atom is -0.315 e. The molecular weight excluding hydrogens is 509 g/mol. The van der Waals surface area contributed by atoms with Crippen molar-refractivity contribution in [2.45, 2.75) is 12.2 Å². The van der Waals surface area contributed by atoms with Gasteiger partial charge in [0.05, 0.1) is 32.6 Å². The van der Waals surface area contributed by atoms with Gasteiger partial charge < -0.3 is 10.7 Å². The average molecular weight is 522 g/mol. The van der Waals surface area contributed by atoms with Gasteiger partial charge in [-0.25, -0.2) is 4.98 Å². The number of benzene rings is 2. The van der Waals surface area contributed by atoms with Crippen molar-refractivity contribution in [1.29, 1.82) is 0 Å². The molecule has 0 saturated carbocycles. The van der Waals surface area contributed by atoms with Crippen LogP contribution in [0, 0.1) is 30.3 Å². The first kappa shape index (κ1) is 26.3. The molecule has 1 unspecified atom stereocenters. The highest BCUT2D eigenvalue weighted by Crippen LogP contribution is 2.35. The van der Waals surface area contributed by atoms with Crippen molar-refractivity contribution < 1.29 is 32.7 Å². The standard InChI is InChI=1S/C19H13F3N8O7/c1-23-27-16(18(31)26-12-4-2-9(19(20,21)22)6-15(12)29(34)35)17(30(36)37)14-8-24-11-5-3-10(28(32)33)7-13(11)25-14/h2-8,17,23H,1H3,(H,26,31). The Hall–Kier alpha value is -5.29. The fourth-order valence-electron chi connectivity index (χ4n) is 3.12. The highest BCUT2D eigenvalue weighted by Gasteiger charge is 2.38. The van der Waals surface area contributed by atoms with Crippen LogP contribution >= 0.6 is 0 Å². The Morgan fingerprint density at radius 3 is 2.30 bits per heavy atom. The predicted octanol–water partition coefficient (Wildman–Crippen LogP) is 3.00. The molecule has 1 atom stereocenters. The number of halogens is 3. The van der Waals surface area contributed by atoms with Crippen molar-refractivity contribution in [1.82, 2.24) is 15.4 Å². The van der Waals surface area contributed by atoms with Gasteiger partial charge >= 0.3 is 12.2 Å². The highest BCUT2D eigenvalue weighted by atomic mass is 19.4. The summed E-state index contributed by atoms with van der Waals surface area (Å²) >= 11 is 0. The summed E-state index contributed by atoms with van der Waals surface area (Å²) in [5, 5.41) is 39.8. The van der Waals surface area contributed by atoms with Crippen LogP contribution in [-0.2, 0) is 11.0 Å². The summed E-state index contributed by atoms with van der Waals surface area (Å²) in [5.74, 6) is -1.38. The van der Waals surface area contributed by atoms with Crippen molar-refractivity contribution in [3.05, 3.63) is 84.2 Å². The van der Waals surface area contributed by atoms with Gasteiger partial charge in [-0.3, -0.25) is 40.1 Å². The van der Waals surface area contributed by atoms with Gasteiger partial charge in [-0.15, -0.1) is 0 Å². The Balaban J connectivity index is 2.05. The van der Waals surface area contributed by atoms with E-state index in [4.69, 9.17) is 0 Å². The number of carbonyl (C=O) groups excluding carboxylic acids is 1. The number of nitro groups is 3. The molecule has 0 radical (unpaired) electrons. The number of aromatic nitrogens is 2. The van der Waals surface area contributed by atoms with Crippen LogP contribution in [0.2, 0.25) is 0 Å². The molecule has 2 aromatic carbocycles. The van der Waals surface area contributed by atoms with E-state index in [1.54, 1.807) is 0 Å². The summed E-state index contributed by atoms with van der Waals surface area (Å²) in [4.78, 5) is 52.2. The number of carbonyl (C=O) groups is 1. The van der Waals surface area contributed by atoms with Crippen molar-refractivity contribution in [2.24, 2.45) is 5.10 Å². The number of nitrogens with zero attached hydrogens (tertiary/aromatic N) is 6. The summed E-state index contributed by atoms with van der Waals surface area (Å²) in [6.45, 7) is 0. The Labute approximate surface area is 202 Å². The SMILES string of the molecule is CNN=C(C(=O)Nc1ccc(C(F)(F)F)cc1[N+](=O)[O-])C(c1cnc2ccc([N+](=O)[O-])cc2n1)[N+](=O)[O-]. The number of non-ortho nitro benzene ring substituents is 1. The molecule has 2 N–H and O–H groups in total. The topological polar surface area (TPSA) is 209 Å². The van der Waals surface area contributed by atoms with Gasteiger partial charge in [-0.1, -0.05) is 0 Å². The zero-order valence-corrected chi connectivity index (χ0v) is 18.3. The van der Waals surface area contributed by atoms with Gasteiger partial charge in [0.25, 0.3) is 17.3 Å². The van der Waals surface area contributed by atoms with Crippen molar-refractivity contribution in [3.63, 3.8) is 0 Å². The second-order valence-corrected chi connectivity index (χ2v) is 7.07. The maximum atomic E-state index is 13.0. The Bertz CT molecular complexity index is 1460. The second kappa shape index (κ2) is 10.1. The molecule has 37 heavy (non-hydrogen) atoms. The number of fused-ring (bicyclic) bond motifs is 1. The van der Waals surface area contributed by atoms with Crippen LogP contribution in [0.1, 0.15) is 17.3 Å². The molecule has 192 valence electrons. The van der Waals surface area contributed by atoms with Crippen molar-refractivity contribution in [2.75, 3.05) is 12.4 Å². The number of hydrazone groups is 1. The first-order valence-electron chi connectivity index (χ1n) is 9.79. The molecule has 1 amide bonds. The molecule has 0 bridgehead atoms. The maximum Gasteiger partial charge on any atom is 0.416 e. The molecule has 0 spiro atoms. The minimum atomic E-state index is -4.91. The number of alkyl halides is 3. The largest absolute Gasteiger partial charge is 0.416 e. The normalized spacial score (nSPS) is 12.6. The lowest BCUT2D eigenvalue weighted by molar-refractivity contribution is -0.509. The van der Waals surface area contributed by atoms with Crippen LogP contribution in [0.5, 0.6) is 0 Å². The molecule has 18 heteroatoms. The lowest BCUT2D eigenvalue weighted by Gasteiger charge is -2.13. The first-order chi connectivity index (χ1) is 17.3. The van der Waals surface area contributed by atoms with Gasteiger partial charge in [-0.2, -0.15) is 18.3 Å². The Morgan fingerprint density at radius 1 is 1.03 bits per heavy atom. The summed E-state index contributed by atoms with van der Waals surface area (Å²) < 4.78 is 38.9. The molecule has 0 aliphatic carbocycles. The van der Waals surface area contributed by atoms with Crippen LogP contribution in [0.15, 0.2) is 47.7 Å². The van der Waals surface area contributed by atoms with Crippen molar-refractivity contribution in [3.8, 4) is 0 Å². The lowest BCUT2D eigenvalue weighted by Crippen LogP contribution is -2.34. The average Bonchev–Trinajstić information content (AvgIpc) is 2.82. The predicted molar refractivity (Wildman–Crippen MR) is 119 cm³/mol. The summed E-state index contributed by atoms with van der Waals surface area (Å²) in [6, 6.07) is 2.55. The van der Waals surface area contributed by atoms with Crippen LogP contribution < -0.4 is 10.7 Å². The van der Waals surface area contributed by atoms with E-state index in [0.29, 0.717) is 12.1 Å². The van der Waals surface area contributed by atoms with Crippen LogP contribution in [0.25, 0.3) is 11.0 Å². The third-order valence-electron chi connectivity index (χ3n) is 4.74. The van der Waals surface area contributed by atoms with Crippen molar-refractivity contribution >= 4 is 39.7 Å². The molecule has 3 rings (SSSR count). The van der Waals surface area contributed by atoms with E-state index >= 15 is 0 Å². The third-order valence-corrected chi connectivity index (χ3v) is 4.74. The molecule has 1 aromatic heterocycles. The number of rotatable bonds is 8. The van der Waals surface area contributed by atoms with E-state index in [0.717, 1.165) is 18.3 Å². The Kier molecular flexibility index (Phi) is 7.21. The number of amides is 1. The third kappa shape index (κ3) is 5.69. The fourth-order valence-corrected chi connectivity index (χ4v) is 3.12. The fraction of sp³-hybridized carbons (Fsp3) is 0.158. The molecule has 3 aromatic rings. The molecule has 15 nitrogen and oxygen atoms in total. The zero-order chi connectivity index (χ0) is 27.5. The summed E-state index contributed by atoms with van der Waals surface area (Å²) in [6.07, 6.45) is -3.98. The monoisotopic (exact) mass is 522 g/mol. The van der Waals surface area contributed by atoms with Crippen LogP contribution in [-0.4, -0.2) is 43.4 Å². The number of anilines is 1. The summed E-state index contributed by atoms with van der Waals surface area (Å²) in [5.41, 5.74) is -2.70. The van der Waals surface area contributed by atoms with Crippen LogP contribution in [0.4, 0.5) is 30.2 Å². The van der Waals surface area contributed by atoms with Gasteiger partial charge in [0.1, 0.15) is 11.4 Å². The Morgan fingerprint density at radius 2 is 1.73 bits per heavy atom. The number of nitrogens with one attached hydrogen (secondary N) is 2. The van der Waals surface area contributed by atoms with E-state index in [-0.39, 0.29) is 22.8 Å². The zero-order valence-electron chi connectivity index (χ0n) is 18.3. The molecule has 0 aliphatic heterocycles. The quantitative estimate of drug-likeness (QED) is 0.251. The molecule has 0 saturated heterocycles. The van der Waals surface area contributed by atoms with Gasteiger partial charge in [-0.05, 0) is 18.2 Å². The second-order valence-electron chi connectivity index (χ2n) is 7.07. The van der Waals surface area contributed by atoms with Gasteiger partial charge in [0, 0.05) is 30.2 Å². The van der Waals surface area contributed by atoms with Gasteiger partial charge in [0.2, 0.25) is 5.71 Å². The van der Waals surface area contributed by atoms with E-state index in [1.165, 1.54) is 13.1 Å². The first-order valence-corrected chi connectivity index (χ1v) is 9.79. The molecular formula is C19H13F3N8O7. The highest BCUT2D eigenvalue weighted by molar-refractivity contribution is 6.44. The van der Waals surface area contributed by atoms with E-state index in [2.05, 4.69) is 20.5 Å². The van der Waals surface area contributed by atoms with E-state index < -0.39 is 61.2 Å². The molecule has 0 aliphatic rings. The maximum absolute atomic E-state index is 13.0. The van der Waals surface area contributed by atoms with E-state index in [9.17, 15) is 48.3 Å². The number of hydrogen-bond donors (Lipinski definition) is 2.